The molecule has 0 radical (unpaired) electrons. The van der Waals surface area contributed by atoms with E-state index in [4.69, 9.17) is 4.74 Å². The molecule has 1 aliphatic heterocycles. The molecule has 5 nitrogen and oxygen atoms in total. The third-order valence-corrected chi connectivity index (χ3v) is 7.02. The topological polar surface area (TPSA) is 53.0 Å². The van der Waals surface area contributed by atoms with E-state index in [0.29, 0.717) is 19.5 Å². The largest absolute Gasteiger partial charge is 0.444 e. The van der Waals surface area contributed by atoms with E-state index < -0.39 is 5.60 Å². The van der Waals surface area contributed by atoms with Gasteiger partial charge < -0.3 is 19.6 Å². The minimum absolute atomic E-state index is 0.155. The number of aliphatic hydroxyl groups excluding tert-OH is 1. The molecule has 0 atom stereocenters. The molecule has 0 bridgehead atoms. The summed E-state index contributed by atoms with van der Waals surface area (Å²) in [5.41, 5.74) is 6.56. The summed E-state index contributed by atoms with van der Waals surface area (Å²) in [6.07, 6.45) is 7.49. The highest BCUT2D eigenvalue weighted by Gasteiger charge is 2.26. The Hall–Kier alpha value is -2.83. The van der Waals surface area contributed by atoms with Gasteiger partial charge in [-0.2, -0.15) is 0 Å². The molecule has 3 rings (SSSR count). The van der Waals surface area contributed by atoms with Gasteiger partial charge in [0.25, 0.3) is 0 Å². The molecule has 204 valence electrons. The van der Waals surface area contributed by atoms with E-state index >= 15 is 0 Å². The molecule has 38 heavy (non-hydrogen) atoms. The first-order valence-corrected chi connectivity index (χ1v) is 14.2. The van der Waals surface area contributed by atoms with E-state index in [2.05, 4.69) is 88.4 Å². The number of carbonyl (C=O) groups excluding carboxylic acids is 1. The molecule has 2 aromatic rings. The fourth-order valence-electron chi connectivity index (χ4n) is 4.56. The summed E-state index contributed by atoms with van der Waals surface area (Å²) in [5.74, 6) is 0. The molecular weight excluding hydrogens is 540 g/mol. The second-order valence-corrected chi connectivity index (χ2v) is 11.5. The number of allylic oxidation sites excluding steroid dienone is 5. The SMILES string of the molecule is C\C=C/C=C(C)/C(CCCO)=C(/c1ccc(Br)cc1)c1ccc(N2CCN(C(=O)OC(C)(C)C)CC2)cc1. The molecule has 0 aliphatic carbocycles. The number of rotatable bonds is 8. The number of anilines is 1. The van der Waals surface area contributed by atoms with Gasteiger partial charge in [-0.15, -0.1) is 0 Å². The lowest BCUT2D eigenvalue weighted by Gasteiger charge is -2.36. The van der Waals surface area contributed by atoms with Gasteiger partial charge in [0.2, 0.25) is 0 Å². The third-order valence-electron chi connectivity index (χ3n) is 6.49. The van der Waals surface area contributed by atoms with Crippen LogP contribution in [0.2, 0.25) is 0 Å². The number of aliphatic hydroxyl groups is 1. The predicted molar refractivity (Wildman–Crippen MR) is 162 cm³/mol. The Balaban J connectivity index is 1.90. The molecule has 1 saturated heterocycles. The van der Waals surface area contributed by atoms with Crippen LogP contribution in [0.25, 0.3) is 5.57 Å². The van der Waals surface area contributed by atoms with Gasteiger partial charge in [0.1, 0.15) is 5.60 Å². The number of hydrogen-bond acceptors (Lipinski definition) is 4. The van der Waals surface area contributed by atoms with E-state index in [1.165, 1.54) is 16.7 Å². The Bertz CT molecular complexity index is 1150. The van der Waals surface area contributed by atoms with Gasteiger partial charge in [0.15, 0.2) is 0 Å². The van der Waals surface area contributed by atoms with Crippen LogP contribution in [0.5, 0.6) is 0 Å². The van der Waals surface area contributed by atoms with Crippen LogP contribution < -0.4 is 4.90 Å². The average molecular weight is 582 g/mol. The zero-order chi connectivity index (χ0) is 27.7. The van der Waals surface area contributed by atoms with E-state index in [0.717, 1.165) is 40.8 Å². The Morgan fingerprint density at radius 1 is 1.00 bits per heavy atom. The molecule has 0 saturated carbocycles. The molecule has 2 aromatic carbocycles. The standard InChI is InChI=1S/C32H41BrN2O3/c1-6-7-9-24(2)29(10-8-23-36)30(25-11-15-27(33)16-12-25)26-13-17-28(18-14-26)34-19-21-35(22-20-34)31(37)38-32(3,4)5/h6-7,9,11-18,36H,8,10,19-23H2,1-5H3/b7-6-,24-9+,30-29-. The summed E-state index contributed by atoms with van der Waals surface area (Å²) in [4.78, 5) is 16.6. The van der Waals surface area contributed by atoms with Crippen molar-refractivity contribution in [3.8, 4) is 0 Å². The predicted octanol–water partition coefficient (Wildman–Crippen LogP) is 7.60. The molecule has 0 aromatic heterocycles. The van der Waals surface area contributed by atoms with Crippen LogP contribution in [0.3, 0.4) is 0 Å². The first-order chi connectivity index (χ1) is 18.1. The van der Waals surface area contributed by atoms with Gasteiger partial charge in [-0.25, -0.2) is 4.79 Å². The summed E-state index contributed by atoms with van der Waals surface area (Å²) in [6.45, 7) is 12.8. The number of nitrogens with zero attached hydrogens (tertiary/aromatic N) is 2. The maximum atomic E-state index is 12.4. The summed E-state index contributed by atoms with van der Waals surface area (Å²) < 4.78 is 6.58. The minimum Gasteiger partial charge on any atom is -0.444 e. The van der Waals surface area contributed by atoms with Crippen LogP contribution in [0.15, 0.2) is 82.4 Å². The maximum absolute atomic E-state index is 12.4. The molecular formula is C32H41BrN2O3. The molecule has 1 fully saturated rings. The van der Waals surface area contributed by atoms with Crippen LogP contribution in [-0.4, -0.2) is 54.5 Å². The molecule has 6 heteroatoms. The van der Waals surface area contributed by atoms with Crippen LogP contribution >= 0.6 is 15.9 Å². The third kappa shape index (κ3) is 8.34. The summed E-state index contributed by atoms with van der Waals surface area (Å²) in [7, 11) is 0. The number of hydrogen-bond donors (Lipinski definition) is 1. The van der Waals surface area contributed by atoms with Crippen LogP contribution in [0.1, 0.15) is 58.6 Å². The van der Waals surface area contributed by atoms with Crippen molar-refractivity contribution in [3.05, 3.63) is 93.5 Å². The van der Waals surface area contributed by atoms with E-state index in [9.17, 15) is 9.90 Å². The Labute approximate surface area is 236 Å². The van der Waals surface area contributed by atoms with Crippen molar-refractivity contribution in [3.63, 3.8) is 0 Å². The number of benzene rings is 2. The zero-order valence-electron chi connectivity index (χ0n) is 23.3. The van der Waals surface area contributed by atoms with Gasteiger partial charge in [-0.05, 0) is 99.6 Å². The Morgan fingerprint density at radius 2 is 1.58 bits per heavy atom. The maximum Gasteiger partial charge on any atom is 0.410 e. The van der Waals surface area contributed by atoms with Crippen molar-refractivity contribution < 1.29 is 14.6 Å². The molecule has 1 N–H and O–H groups in total. The van der Waals surface area contributed by atoms with E-state index in [1.54, 1.807) is 4.90 Å². The minimum atomic E-state index is -0.486. The van der Waals surface area contributed by atoms with Crippen molar-refractivity contribution in [2.75, 3.05) is 37.7 Å². The highest BCUT2D eigenvalue weighted by Crippen LogP contribution is 2.35. The zero-order valence-corrected chi connectivity index (χ0v) is 24.9. The van der Waals surface area contributed by atoms with Gasteiger partial charge in [0, 0.05) is 42.9 Å². The molecule has 1 heterocycles. The van der Waals surface area contributed by atoms with Gasteiger partial charge in [-0.3, -0.25) is 0 Å². The fourth-order valence-corrected chi connectivity index (χ4v) is 4.82. The Kier molecular flexibility index (Phi) is 10.8. The normalized spacial score (nSPS) is 15.6. The number of halogens is 1. The number of piperazine rings is 1. The highest BCUT2D eigenvalue weighted by atomic mass is 79.9. The lowest BCUT2D eigenvalue weighted by Crippen LogP contribution is -2.50. The smallest absolute Gasteiger partial charge is 0.410 e. The first kappa shape index (κ1) is 29.7. The lowest BCUT2D eigenvalue weighted by molar-refractivity contribution is 0.0240. The lowest BCUT2D eigenvalue weighted by atomic mass is 9.87. The van der Waals surface area contributed by atoms with Crippen LogP contribution in [0.4, 0.5) is 10.5 Å². The van der Waals surface area contributed by atoms with Crippen LogP contribution in [0, 0.1) is 0 Å². The second kappa shape index (κ2) is 13.8. The fraction of sp³-hybridized carbons (Fsp3) is 0.406. The van der Waals surface area contributed by atoms with Crippen molar-refractivity contribution in [2.24, 2.45) is 0 Å². The summed E-state index contributed by atoms with van der Waals surface area (Å²) >= 11 is 3.57. The Morgan fingerprint density at radius 3 is 2.11 bits per heavy atom. The quantitative estimate of drug-likeness (QED) is 0.326. The average Bonchev–Trinajstić information content (AvgIpc) is 2.90. The van der Waals surface area contributed by atoms with Crippen molar-refractivity contribution >= 4 is 33.3 Å². The second-order valence-electron chi connectivity index (χ2n) is 10.6. The monoisotopic (exact) mass is 580 g/mol. The van der Waals surface area contributed by atoms with E-state index in [1.807, 2.05) is 33.8 Å². The molecule has 1 aliphatic rings. The van der Waals surface area contributed by atoms with Gasteiger partial charge in [0.05, 0.1) is 0 Å². The van der Waals surface area contributed by atoms with Crippen LogP contribution in [-0.2, 0) is 4.74 Å². The number of amides is 1. The van der Waals surface area contributed by atoms with E-state index in [-0.39, 0.29) is 12.7 Å². The molecule has 0 unspecified atom stereocenters. The summed E-state index contributed by atoms with van der Waals surface area (Å²) in [5, 5.41) is 9.62. The number of ether oxygens (including phenoxy) is 1. The first-order valence-electron chi connectivity index (χ1n) is 13.4. The number of carbonyl (C=O) groups is 1. The highest BCUT2D eigenvalue weighted by molar-refractivity contribution is 9.10. The van der Waals surface area contributed by atoms with Gasteiger partial charge in [-0.1, -0.05) is 58.4 Å². The van der Waals surface area contributed by atoms with Crippen molar-refractivity contribution in [1.29, 1.82) is 0 Å². The summed E-state index contributed by atoms with van der Waals surface area (Å²) in [6, 6.07) is 17.2. The molecule has 0 spiro atoms. The van der Waals surface area contributed by atoms with Crippen molar-refractivity contribution in [1.82, 2.24) is 4.90 Å². The van der Waals surface area contributed by atoms with Crippen molar-refractivity contribution in [2.45, 2.75) is 53.1 Å². The molecule has 1 amide bonds. The van der Waals surface area contributed by atoms with Gasteiger partial charge >= 0.3 is 6.09 Å².